The van der Waals surface area contributed by atoms with Crippen molar-refractivity contribution in [3.63, 3.8) is 0 Å². The Balaban J connectivity index is 1.37. The van der Waals surface area contributed by atoms with E-state index >= 15 is 0 Å². The molecule has 160 valence electrons. The van der Waals surface area contributed by atoms with Crippen molar-refractivity contribution >= 4 is 45.0 Å². The molecule has 1 aromatic carbocycles. The number of cyclic esters (lactones) is 1. The molecule has 1 aromatic heterocycles. The Kier molecular flexibility index (Phi) is 5.57. The Morgan fingerprint density at radius 3 is 2.63 bits per heavy atom. The number of nitrogen functional groups attached to an aromatic ring is 1. The Hall–Kier alpha value is -3.15. The van der Waals surface area contributed by atoms with Gasteiger partial charge in [-0.3, -0.25) is 9.69 Å². The van der Waals surface area contributed by atoms with Crippen LogP contribution in [0.25, 0.3) is 0 Å². The molecule has 4 rings (SSSR count). The van der Waals surface area contributed by atoms with E-state index in [1.807, 2.05) is 29.2 Å². The van der Waals surface area contributed by atoms with Crippen LogP contribution in [0, 0.1) is 0 Å². The molecular weight excluding hydrogens is 413 g/mol. The minimum absolute atomic E-state index is 0.172. The van der Waals surface area contributed by atoms with E-state index in [1.54, 1.807) is 4.90 Å². The van der Waals surface area contributed by atoms with Crippen molar-refractivity contribution < 1.29 is 18.7 Å². The molecule has 2 aromatic rings. The number of hydrogen-bond donors (Lipinski definition) is 2. The fourth-order valence-electron chi connectivity index (χ4n) is 3.47. The summed E-state index contributed by atoms with van der Waals surface area (Å²) in [5.74, 6) is -0.172. The van der Waals surface area contributed by atoms with Crippen LogP contribution in [0.5, 0.6) is 0 Å². The fourth-order valence-corrected chi connectivity index (χ4v) is 4.15. The lowest BCUT2D eigenvalue weighted by molar-refractivity contribution is -0.119. The van der Waals surface area contributed by atoms with E-state index in [9.17, 15) is 14.0 Å². The minimum atomic E-state index is -1.23. The van der Waals surface area contributed by atoms with Gasteiger partial charge >= 0.3 is 6.09 Å². The van der Waals surface area contributed by atoms with Crippen molar-refractivity contribution in [3.8, 4) is 0 Å². The summed E-state index contributed by atoms with van der Waals surface area (Å²) >= 11 is 1.17. The van der Waals surface area contributed by atoms with Gasteiger partial charge in [-0.25, -0.2) is 9.18 Å². The summed E-state index contributed by atoms with van der Waals surface area (Å²) in [5.41, 5.74) is 7.14. The molecule has 2 fully saturated rings. The van der Waals surface area contributed by atoms with Crippen LogP contribution in [-0.2, 0) is 9.53 Å². The maximum absolute atomic E-state index is 14.7. The summed E-state index contributed by atoms with van der Waals surface area (Å²) in [6.45, 7) is 3.30. The molecule has 0 saturated carbocycles. The van der Waals surface area contributed by atoms with E-state index in [1.165, 1.54) is 23.2 Å². The SMILES string of the molecule is CC(=O)NCC1CN(c2ccc(N3CCN(c4nnc(N)s4)[C@@H](F)C3)cc2)C(=O)O1. The molecule has 2 aliphatic heterocycles. The molecule has 12 heteroatoms. The zero-order chi connectivity index (χ0) is 21.3. The summed E-state index contributed by atoms with van der Waals surface area (Å²) in [7, 11) is 0. The third kappa shape index (κ3) is 4.22. The number of amides is 2. The highest BCUT2D eigenvalue weighted by Crippen LogP contribution is 2.29. The van der Waals surface area contributed by atoms with E-state index in [4.69, 9.17) is 10.5 Å². The van der Waals surface area contributed by atoms with Gasteiger partial charge in [0.15, 0.2) is 6.30 Å². The van der Waals surface area contributed by atoms with Gasteiger partial charge in [-0.2, -0.15) is 0 Å². The van der Waals surface area contributed by atoms with Crippen LogP contribution in [0.2, 0.25) is 0 Å². The Bertz CT molecular complexity index is 925. The van der Waals surface area contributed by atoms with E-state index in [2.05, 4.69) is 15.5 Å². The second-order valence-electron chi connectivity index (χ2n) is 7.07. The van der Waals surface area contributed by atoms with Crippen LogP contribution >= 0.6 is 11.3 Å². The van der Waals surface area contributed by atoms with Gasteiger partial charge in [0.25, 0.3) is 0 Å². The van der Waals surface area contributed by atoms with Gasteiger partial charge in [-0.1, -0.05) is 11.3 Å². The number of alkyl halides is 1. The average Bonchev–Trinajstić information content (AvgIpc) is 3.32. The first-order chi connectivity index (χ1) is 14.4. The number of nitrogens with zero attached hydrogens (tertiary/aromatic N) is 5. The van der Waals surface area contributed by atoms with Crippen LogP contribution in [0.1, 0.15) is 6.92 Å². The molecule has 30 heavy (non-hydrogen) atoms. The summed E-state index contributed by atoms with van der Waals surface area (Å²) in [6.07, 6.45) is -2.07. The van der Waals surface area contributed by atoms with Crippen molar-refractivity contribution in [2.45, 2.75) is 19.3 Å². The maximum Gasteiger partial charge on any atom is 0.414 e. The highest BCUT2D eigenvalue weighted by atomic mass is 32.1. The number of nitrogens with one attached hydrogen (secondary N) is 1. The number of hydrogen-bond acceptors (Lipinski definition) is 9. The lowest BCUT2D eigenvalue weighted by Gasteiger charge is -2.38. The van der Waals surface area contributed by atoms with Crippen molar-refractivity contribution in [3.05, 3.63) is 24.3 Å². The standard InChI is InChI=1S/C18H22FN7O3S/c1-11(27)21-8-14-9-26(18(28)29-14)13-4-2-12(3-5-13)24-6-7-25(15(19)10-24)17-23-22-16(20)30-17/h2-5,14-15H,6-10H2,1H3,(H2,20,22)(H,21,27)/t14?,15-/m1/s1. The number of aromatic nitrogens is 2. The number of ether oxygens (including phenoxy) is 1. The summed E-state index contributed by atoms with van der Waals surface area (Å²) < 4.78 is 20.0. The number of rotatable bonds is 5. The third-order valence-electron chi connectivity index (χ3n) is 4.98. The number of halogens is 1. The Labute approximate surface area is 176 Å². The van der Waals surface area contributed by atoms with Crippen LogP contribution in [0.15, 0.2) is 24.3 Å². The Morgan fingerprint density at radius 1 is 1.27 bits per heavy atom. The number of piperazine rings is 1. The molecule has 3 N–H and O–H groups in total. The van der Waals surface area contributed by atoms with E-state index in [-0.39, 0.29) is 19.0 Å². The van der Waals surface area contributed by atoms with Gasteiger partial charge in [0, 0.05) is 31.4 Å². The van der Waals surface area contributed by atoms with Crippen LogP contribution in [0.4, 0.5) is 30.8 Å². The lowest BCUT2D eigenvalue weighted by Crippen LogP contribution is -2.51. The monoisotopic (exact) mass is 435 g/mol. The van der Waals surface area contributed by atoms with Gasteiger partial charge < -0.3 is 25.6 Å². The highest BCUT2D eigenvalue weighted by molar-refractivity contribution is 7.18. The Morgan fingerprint density at radius 2 is 2.00 bits per heavy atom. The molecule has 2 amide bonds. The quantitative estimate of drug-likeness (QED) is 0.673. The zero-order valence-electron chi connectivity index (χ0n) is 16.3. The number of carbonyl (C=O) groups is 2. The molecule has 0 aliphatic carbocycles. The first kappa shape index (κ1) is 20.1. The van der Waals surface area contributed by atoms with Crippen molar-refractivity contribution in [1.82, 2.24) is 15.5 Å². The molecular formula is C18H22FN7O3S. The van der Waals surface area contributed by atoms with Gasteiger partial charge in [0.1, 0.15) is 6.10 Å². The molecule has 1 unspecified atom stereocenters. The number of benzene rings is 1. The molecule has 3 heterocycles. The first-order valence-electron chi connectivity index (χ1n) is 9.48. The predicted molar refractivity (Wildman–Crippen MR) is 112 cm³/mol. The molecule has 0 bridgehead atoms. The molecule has 10 nitrogen and oxygen atoms in total. The second-order valence-corrected chi connectivity index (χ2v) is 8.05. The second kappa shape index (κ2) is 8.30. The van der Waals surface area contributed by atoms with Gasteiger partial charge in [-0.15, -0.1) is 10.2 Å². The topological polar surface area (TPSA) is 117 Å². The van der Waals surface area contributed by atoms with Crippen molar-refractivity contribution in [2.24, 2.45) is 0 Å². The lowest BCUT2D eigenvalue weighted by atomic mass is 10.2. The molecule has 2 atom stereocenters. The van der Waals surface area contributed by atoms with Crippen LogP contribution < -0.4 is 25.8 Å². The van der Waals surface area contributed by atoms with E-state index in [0.29, 0.717) is 35.6 Å². The summed E-state index contributed by atoms with van der Waals surface area (Å²) in [5, 5.41) is 11.1. The molecule has 2 aliphatic rings. The van der Waals surface area contributed by atoms with Crippen LogP contribution in [0.3, 0.4) is 0 Å². The first-order valence-corrected chi connectivity index (χ1v) is 10.3. The smallest absolute Gasteiger partial charge is 0.414 e. The number of nitrogens with two attached hydrogens (primary N) is 1. The zero-order valence-corrected chi connectivity index (χ0v) is 17.1. The van der Waals surface area contributed by atoms with Gasteiger partial charge in [0.05, 0.1) is 19.6 Å². The third-order valence-corrected chi connectivity index (χ3v) is 5.76. The average molecular weight is 435 g/mol. The molecule has 0 radical (unpaired) electrons. The summed E-state index contributed by atoms with van der Waals surface area (Å²) in [6, 6.07) is 7.33. The molecule has 2 saturated heterocycles. The van der Waals surface area contributed by atoms with Gasteiger partial charge in [0.2, 0.25) is 16.2 Å². The largest absolute Gasteiger partial charge is 0.442 e. The van der Waals surface area contributed by atoms with Crippen LogP contribution in [-0.4, -0.2) is 67.3 Å². The normalized spacial score (nSPS) is 21.7. The van der Waals surface area contributed by atoms with Crippen molar-refractivity contribution in [1.29, 1.82) is 0 Å². The van der Waals surface area contributed by atoms with E-state index < -0.39 is 18.5 Å². The van der Waals surface area contributed by atoms with Gasteiger partial charge in [-0.05, 0) is 24.3 Å². The number of carbonyl (C=O) groups excluding carboxylic acids is 2. The molecule has 0 spiro atoms. The van der Waals surface area contributed by atoms with E-state index in [0.717, 1.165) is 5.69 Å². The predicted octanol–water partition coefficient (Wildman–Crippen LogP) is 1.20. The van der Waals surface area contributed by atoms with Crippen molar-refractivity contribution in [2.75, 3.05) is 53.2 Å². The maximum atomic E-state index is 14.7. The minimum Gasteiger partial charge on any atom is -0.442 e. The fraction of sp³-hybridized carbons (Fsp3) is 0.444. The number of anilines is 4. The summed E-state index contributed by atoms with van der Waals surface area (Å²) in [4.78, 5) is 28.2. The highest BCUT2D eigenvalue weighted by Gasteiger charge is 2.33.